The van der Waals surface area contributed by atoms with Crippen LogP contribution in [0.5, 0.6) is 0 Å². The number of rotatable bonds is 2. The number of aromatic nitrogens is 1. The third-order valence-corrected chi connectivity index (χ3v) is 3.32. The molecule has 0 unspecified atom stereocenters. The van der Waals surface area contributed by atoms with Crippen LogP contribution in [0.3, 0.4) is 0 Å². The Morgan fingerprint density at radius 2 is 2.10 bits per heavy atom. The molecule has 1 aromatic heterocycles. The minimum Gasteiger partial charge on any atom is -0.478 e. The van der Waals surface area contributed by atoms with Crippen LogP contribution in [-0.4, -0.2) is 34.5 Å². The monoisotopic (exact) mass is 285 g/mol. The van der Waals surface area contributed by atoms with E-state index in [0.717, 1.165) is 0 Å². The zero-order valence-electron chi connectivity index (χ0n) is 10.9. The molecule has 3 rings (SSSR count). The Kier molecular flexibility index (Phi) is 3.02. The zero-order chi connectivity index (χ0) is 15.0. The molecule has 0 radical (unpaired) electrons. The zero-order valence-corrected chi connectivity index (χ0v) is 10.9. The van der Waals surface area contributed by atoms with Crippen LogP contribution in [-0.2, 0) is 4.79 Å². The molecule has 2 N–H and O–H groups in total. The molecule has 106 valence electrons. The van der Waals surface area contributed by atoms with Gasteiger partial charge in [-0.1, -0.05) is 6.07 Å². The molecule has 0 atom stereocenters. The summed E-state index contributed by atoms with van der Waals surface area (Å²) in [5, 5.41) is 11.9. The lowest BCUT2D eigenvalue weighted by Crippen LogP contribution is -2.49. The number of carboxylic acid groups (broad SMARTS) is 1. The number of imide groups is 1. The third kappa shape index (κ3) is 2.18. The van der Waals surface area contributed by atoms with Crippen molar-refractivity contribution < 1.29 is 19.5 Å². The Morgan fingerprint density at radius 3 is 2.81 bits per heavy atom. The lowest BCUT2D eigenvalue weighted by molar-refractivity contribution is -0.120. The van der Waals surface area contributed by atoms with Crippen molar-refractivity contribution in [3.63, 3.8) is 0 Å². The predicted octanol–water partition coefficient (Wildman–Crippen LogP) is 1.38. The number of hydrogen-bond donors (Lipinski definition) is 2. The van der Waals surface area contributed by atoms with Gasteiger partial charge >= 0.3 is 12.0 Å². The van der Waals surface area contributed by atoms with E-state index < -0.39 is 12.0 Å². The van der Waals surface area contributed by atoms with Crippen molar-refractivity contribution in [2.75, 3.05) is 11.4 Å². The summed E-state index contributed by atoms with van der Waals surface area (Å²) in [5.74, 6) is -1.38. The molecule has 7 heteroatoms. The van der Waals surface area contributed by atoms with Crippen molar-refractivity contribution in [2.45, 2.75) is 6.42 Å². The van der Waals surface area contributed by atoms with Crippen LogP contribution in [0.4, 0.5) is 10.5 Å². The summed E-state index contributed by atoms with van der Waals surface area (Å²) in [7, 11) is 0. The van der Waals surface area contributed by atoms with Crippen LogP contribution in [0.15, 0.2) is 30.5 Å². The van der Waals surface area contributed by atoms with E-state index in [1.807, 2.05) is 0 Å². The molecule has 1 aliphatic heterocycles. The van der Waals surface area contributed by atoms with Gasteiger partial charge in [-0.25, -0.2) is 9.59 Å². The number of nitrogens with one attached hydrogen (secondary N) is 1. The van der Waals surface area contributed by atoms with Gasteiger partial charge in [0.2, 0.25) is 5.91 Å². The van der Waals surface area contributed by atoms with Gasteiger partial charge < -0.3 is 5.11 Å². The Hall–Kier alpha value is -2.96. The van der Waals surface area contributed by atoms with Gasteiger partial charge in [0.1, 0.15) is 0 Å². The molecular formula is C14H11N3O4. The number of carbonyl (C=O) groups is 3. The van der Waals surface area contributed by atoms with E-state index in [9.17, 15) is 19.5 Å². The third-order valence-electron chi connectivity index (χ3n) is 3.32. The van der Waals surface area contributed by atoms with Crippen molar-refractivity contribution in [1.29, 1.82) is 0 Å². The number of carboxylic acids is 1. The number of amides is 3. The highest BCUT2D eigenvalue weighted by molar-refractivity contribution is 6.12. The van der Waals surface area contributed by atoms with Crippen LogP contribution in [0.1, 0.15) is 16.8 Å². The van der Waals surface area contributed by atoms with E-state index >= 15 is 0 Å². The van der Waals surface area contributed by atoms with Crippen LogP contribution >= 0.6 is 0 Å². The lowest BCUT2D eigenvalue weighted by Gasteiger charge is -2.27. The molecule has 1 aromatic carbocycles. The molecule has 1 fully saturated rings. The lowest BCUT2D eigenvalue weighted by atomic mass is 10.1. The number of carbonyl (C=O) groups excluding carboxylic acids is 2. The second-order valence-corrected chi connectivity index (χ2v) is 4.59. The number of nitrogens with zero attached hydrogens (tertiary/aromatic N) is 2. The smallest absolute Gasteiger partial charge is 0.336 e. The molecule has 2 aromatic rings. The van der Waals surface area contributed by atoms with Gasteiger partial charge in [-0.3, -0.25) is 20.0 Å². The molecular weight excluding hydrogens is 274 g/mol. The van der Waals surface area contributed by atoms with Crippen LogP contribution in [0.2, 0.25) is 0 Å². The fourth-order valence-corrected chi connectivity index (χ4v) is 2.36. The Balaban J connectivity index is 2.16. The van der Waals surface area contributed by atoms with E-state index in [2.05, 4.69) is 10.3 Å². The van der Waals surface area contributed by atoms with Crippen LogP contribution in [0.25, 0.3) is 10.9 Å². The maximum Gasteiger partial charge on any atom is 0.336 e. The standard InChI is InChI=1S/C14H11N3O4/c18-11-5-7-17(14(21)16-11)10-4-3-9(13(19)20)8-2-1-6-15-12(8)10/h1-4,6H,5,7H2,(H,19,20)(H,16,18,21). The number of fused-ring (bicyclic) bond motifs is 1. The highest BCUT2D eigenvalue weighted by atomic mass is 16.4. The van der Waals surface area contributed by atoms with Crippen LogP contribution in [0, 0.1) is 0 Å². The summed E-state index contributed by atoms with van der Waals surface area (Å²) >= 11 is 0. The summed E-state index contributed by atoms with van der Waals surface area (Å²) < 4.78 is 0. The van der Waals surface area contributed by atoms with Crippen molar-refractivity contribution in [1.82, 2.24) is 10.3 Å². The first kappa shape index (κ1) is 13.0. The second-order valence-electron chi connectivity index (χ2n) is 4.59. The van der Waals surface area contributed by atoms with Crippen molar-refractivity contribution in [3.8, 4) is 0 Å². The minimum atomic E-state index is -1.06. The fraction of sp³-hybridized carbons (Fsp3) is 0.143. The number of aromatic carboxylic acids is 1. The first-order chi connectivity index (χ1) is 10.1. The van der Waals surface area contributed by atoms with E-state index in [1.54, 1.807) is 12.1 Å². The van der Waals surface area contributed by atoms with E-state index in [-0.39, 0.29) is 24.4 Å². The molecule has 3 amide bonds. The van der Waals surface area contributed by atoms with Crippen molar-refractivity contribution >= 4 is 34.5 Å². The number of benzene rings is 1. The Morgan fingerprint density at radius 1 is 1.29 bits per heavy atom. The topological polar surface area (TPSA) is 99.6 Å². The first-order valence-corrected chi connectivity index (χ1v) is 6.30. The molecule has 1 aliphatic rings. The minimum absolute atomic E-state index is 0.121. The quantitative estimate of drug-likeness (QED) is 0.868. The van der Waals surface area contributed by atoms with Gasteiger partial charge in [0.25, 0.3) is 0 Å². The molecule has 0 aliphatic carbocycles. The van der Waals surface area contributed by atoms with E-state index in [1.165, 1.54) is 23.2 Å². The predicted molar refractivity (Wildman–Crippen MR) is 74.2 cm³/mol. The highest BCUT2D eigenvalue weighted by Gasteiger charge is 2.26. The highest BCUT2D eigenvalue weighted by Crippen LogP contribution is 2.28. The number of urea groups is 1. The van der Waals surface area contributed by atoms with Gasteiger partial charge in [0, 0.05) is 24.5 Å². The van der Waals surface area contributed by atoms with E-state index in [4.69, 9.17) is 0 Å². The molecule has 7 nitrogen and oxygen atoms in total. The maximum atomic E-state index is 11.9. The van der Waals surface area contributed by atoms with Crippen LogP contribution < -0.4 is 10.2 Å². The summed E-state index contributed by atoms with van der Waals surface area (Å²) in [5.41, 5.74) is 1.03. The first-order valence-electron chi connectivity index (χ1n) is 6.30. The van der Waals surface area contributed by atoms with Gasteiger partial charge in [-0.05, 0) is 18.2 Å². The molecule has 0 saturated carbocycles. The Bertz CT molecular complexity index is 772. The molecule has 2 heterocycles. The van der Waals surface area contributed by atoms with Crippen molar-refractivity contribution in [2.24, 2.45) is 0 Å². The Labute approximate surface area is 119 Å². The normalized spacial score (nSPS) is 15.1. The molecule has 1 saturated heterocycles. The average molecular weight is 285 g/mol. The summed E-state index contributed by atoms with van der Waals surface area (Å²) in [6, 6.07) is 5.72. The molecule has 0 bridgehead atoms. The largest absolute Gasteiger partial charge is 0.478 e. The molecule has 21 heavy (non-hydrogen) atoms. The molecule has 0 spiro atoms. The van der Waals surface area contributed by atoms with Crippen molar-refractivity contribution in [3.05, 3.63) is 36.0 Å². The second kappa shape index (κ2) is 4.86. The van der Waals surface area contributed by atoms with Gasteiger partial charge in [0.15, 0.2) is 0 Å². The van der Waals surface area contributed by atoms with E-state index in [0.29, 0.717) is 16.6 Å². The summed E-state index contributed by atoms with van der Waals surface area (Å²) in [4.78, 5) is 39.9. The van der Waals surface area contributed by atoms with Gasteiger partial charge in [0.05, 0.1) is 16.8 Å². The number of hydrogen-bond acceptors (Lipinski definition) is 4. The number of pyridine rings is 1. The number of anilines is 1. The average Bonchev–Trinajstić information content (AvgIpc) is 2.46. The van der Waals surface area contributed by atoms with Gasteiger partial charge in [-0.15, -0.1) is 0 Å². The van der Waals surface area contributed by atoms with Gasteiger partial charge in [-0.2, -0.15) is 0 Å². The maximum absolute atomic E-state index is 11.9. The summed E-state index contributed by atoms with van der Waals surface area (Å²) in [6.07, 6.45) is 1.73. The SMILES string of the molecule is O=C1CCN(c2ccc(C(=O)O)c3cccnc23)C(=O)N1. The summed E-state index contributed by atoms with van der Waals surface area (Å²) in [6.45, 7) is 0.239. The fourth-order valence-electron chi connectivity index (χ4n) is 2.36.